The highest BCUT2D eigenvalue weighted by Gasteiger charge is 2.13. The molecule has 18 heavy (non-hydrogen) atoms. The predicted octanol–water partition coefficient (Wildman–Crippen LogP) is 3.29. The molecule has 0 bridgehead atoms. The van der Waals surface area contributed by atoms with Crippen LogP contribution in [0.2, 0.25) is 5.02 Å². The van der Waals surface area contributed by atoms with E-state index in [1.165, 1.54) is 10.4 Å². The average molecular weight is 283 g/mol. The summed E-state index contributed by atoms with van der Waals surface area (Å²) >= 11 is 7.52. The van der Waals surface area contributed by atoms with Gasteiger partial charge in [-0.1, -0.05) is 11.6 Å². The van der Waals surface area contributed by atoms with Gasteiger partial charge in [-0.15, -0.1) is 11.3 Å². The van der Waals surface area contributed by atoms with Gasteiger partial charge in [0.25, 0.3) is 0 Å². The van der Waals surface area contributed by atoms with E-state index in [4.69, 9.17) is 22.2 Å². The van der Waals surface area contributed by atoms with Crippen molar-refractivity contribution in [2.45, 2.75) is 13.0 Å². The molecule has 0 aliphatic carbocycles. The Hall–Kier alpha value is -1.07. The second-order valence-corrected chi connectivity index (χ2v) is 5.47. The van der Waals surface area contributed by atoms with Gasteiger partial charge in [0.05, 0.1) is 6.04 Å². The Bertz CT molecular complexity index is 498. The zero-order valence-electron chi connectivity index (χ0n) is 10.0. The van der Waals surface area contributed by atoms with Crippen molar-refractivity contribution in [2.75, 3.05) is 6.61 Å². The first-order valence-corrected chi connectivity index (χ1v) is 6.85. The van der Waals surface area contributed by atoms with Gasteiger partial charge in [-0.2, -0.15) is 0 Å². The molecule has 0 saturated carbocycles. The lowest BCUT2D eigenvalue weighted by atomic mass is 10.1. The van der Waals surface area contributed by atoms with E-state index in [1.807, 2.05) is 12.1 Å². The van der Waals surface area contributed by atoms with Crippen LogP contribution in [0.25, 0.3) is 0 Å². The number of aryl methyl sites for hydroxylation is 1. The lowest BCUT2D eigenvalue weighted by molar-refractivity contribution is 0.267. The highest BCUT2D eigenvalue weighted by Crippen LogP contribution is 2.23. The lowest BCUT2D eigenvalue weighted by Gasteiger charge is -2.17. The quantitative estimate of drug-likeness (QED) is 0.653. The summed E-state index contributed by atoms with van der Waals surface area (Å²) in [5, 5.41) is 2.75. The highest BCUT2D eigenvalue weighted by atomic mass is 35.5. The summed E-state index contributed by atoms with van der Waals surface area (Å²) in [4.78, 5) is 1.25. The summed E-state index contributed by atoms with van der Waals surface area (Å²) in [5.74, 6) is 6.36. The number of nitrogens with one attached hydrogen (secondary N) is 1. The van der Waals surface area contributed by atoms with Crippen molar-refractivity contribution in [2.24, 2.45) is 5.84 Å². The minimum Gasteiger partial charge on any atom is -0.492 e. The third kappa shape index (κ3) is 3.23. The van der Waals surface area contributed by atoms with Crippen LogP contribution >= 0.6 is 22.9 Å². The van der Waals surface area contributed by atoms with Crippen molar-refractivity contribution in [1.82, 2.24) is 5.43 Å². The Morgan fingerprint density at radius 2 is 2.06 bits per heavy atom. The number of hydrogen-bond acceptors (Lipinski definition) is 4. The molecule has 1 aromatic carbocycles. The molecular formula is C13H15ClN2OS. The molecule has 1 unspecified atom stereocenters. The largest absolute Gasteiger partial charge is 0.492 e. The maximum Gasteiger partial charge on any atom is 0.119 e. The van der Waals surface area contributed by atoms with E-state index in [0.29, 0.717) is 11.6 Å². The Labute approximate surface area is 116 Å². The molecule has 5 heteroatoms. The van der Waals surface area contributed by atoms with Gasteiger partial charge in [0.15, 0.2) is 0 Å². The maximum absolute atomic E-state index is 5.82. The zero-order valence-corrected chi connectivity index (χ0v) is 11.6. The van der Waals surface area contributed by atoms with Crippen molar-refractivity contribution in [1.29, 1.82) is 0 Å². The van der Waals surface area contributed by atoms with Gasteiger partial charge < -0.3 is 4.74 Å². The average Bonchev–Trinajstić information content (AvgIpc) is 2.79. The third-order valence-corrected chi connectivity index (χ3v) is 3.82. The molecule has 3 nitrogen and oxygen atoms in total. The van der Waals surface area contributed by atoms with Gasteiger partial charge in [0.1, 0.15) is 12.4 Å². The Balaban J connectivity index is 2.00. The molecule has 0 radical (unpaired) electrons. The number of hydrazine groups is 1. The highest BCUT2D eigenvalue weighted by molar-refractivity contribution is 7.10. The second kappa shape index (κ2) is 6.20. The van der Waals surface area contributed by atoms with Crippen LogP contribution in [0.3, 0.4) is 0 Å². The van der Waals surface area contributed by atoms with Crippen LogP contribution < -0.4 is 16.0 Å². The standard InChI is InChI=1S/C13H15ClN2OS/c1-9-12(6-7-18-9)13(16-15)8-17-11-4-2-10(14)3-5-11/h2-7,13,16H,8,15H2,1H3. The first kappa shape index (κ1) is 13.4. The van der Waals surface area contributed by atoms with Crippen LogP contribution in [0.1, 0.15) is 16.5 Å². The van der Waals surface area contributed by atoms with Crippen LogP contribution in [-0.2, 0) is 0 Å². The molecule has 0 aliphatic heterocycles. The molecule has 96 valence electrons. The van der Waals surface area contributed by atoms with Crippen LogP contribution in [0.15, 0.2) is 35.7 Å². The zero-order chi connectivity index (χ0) is 13.0. The molecule has 3 N–H and O–H groups in total. The summed E-state index contributed by atoms with van der Waals surface area (Å²) in [5.41, 5.74) is 3.96. The number of thiophene rings is 1. The second-order valence-electron chi connectivity index (χ2n) is 3.92. The molecule has 1 atom stereocenters. The summed E-state index contributed by atoms with van der Waals surface area (Å²) in [6.45, 7) is 2.56. The first-order valence-electron chi connectivity index (χ1n) is 5.59. The fourth-order valence-corrected chi connectivity index (χ4v) is 2.59. The van der Waals surface area contributed by atoms with E-state index in [-0.39, 0.29) is 6.04 Å². The smallest absolute Gasteiger partial charge is 0.119 e. The lowest BCUT2D eigenvalue weighted by Crippen LogP contribution is -2.32. The third-order valence-electron chi connectivity index (χ3n) is 2.71. The Kier molecular flexibility index (Phi) is 4.60. The molecule has 1 aromatic heterocycles. The molecule has 1 heterocycles. The summed E-state index contributed by atoms with van der Waals surface area (Å²) < 4.78 is 5.70. The monoisotopic (exact) mass is 282 g/mol. The molecule has 0 saturated heterocycles. The molecular weight excluding hydrogens is 268 g/mol. The maximum atomic E-state index is 5.82. The predicted molar refractivity (Wildman–Crippen MR) is 76.1 cm³/mol. The number of nitrogens with two attached hydrogens (primary N) is 1. The normalized spacial score (nSPS) is 12.4. The van der Waals surface area contributed by atoms with E-state index < -0.39 is 0 Å². The van der Waals surface area contributed by atoms with Crippen molar-refractivity contribution in [3.63, 3.8) is 0 Å². The molecule has 0 spiro atoms. The summed E-state index contributed by atoms with van der Waals surface area (Å²) in [7, 11) is 0. The molecule has 0 fully saturated rings. The van der Waals surface area contributed by atoms with Crippen molar-refractivity contribution < 1.29 is 4.74 Å². The number of rotatable bonds is 5. The van der Waals surface area contributed by atoms with E-state index in [9.17, 15) is 0 Å². The van der Waals surface area contributed by atoms with Gasteiger partial charge in [0.2, 0.25) is 0 Å². The van der Waals surface area contributed by atoms with E-state index in [0.717, 1.165) is 5.75 Å². The fraction of sp³-hybridized carbons (Fsp3) is 0.231. The number of benzene rings is 1. The Morgan fingerprint density at radius 3 is 2.61 bits per heavy atom. The van der Waals surface area contributed by atoms with Crippen LogP contribution in [0.5, 0.6) is 5.75 Å². The van der Waals surface area contributed by atoms with Gasteiger partial charge in [-0.3, -0.25) is 5.84 Å². The van der Waals surface area contributed by atoms with Gasteiger partial charge in [-0.25, -0.2) is 5.43 Å². The van der Waals surface area contributed by atoms with Crippen LogP contribution in [-0.4, -0.2) is 6.61 Å². The number of ether oxygens (including phenoxy) is 1. The minimum atomic E-state index is -0.00747. The first-order chi connectivity index (χ1) is 8.70. The molecule has 2 rings (SSSR count). The van der Waals surface area contributed by atoms with E-state index in [1.54, 1.807) is 23.5 Å². The van der Waals surface area contributed by atoms with Gasteiger partial charge >= 0.3 is 0 Å². The van der Waals surface area contributed by atoms with Crippen molar-refractivity contribution in [3.8, 4) is 5.75 Å². The molecule has 0 amide bonds. The molecule has 0 aliphatic rings. The SMILES string of the molecule is Cc1sccc1C(COc1ccc(Cl)cc1)NN. The molecule has 2 aromatic rings. The fourth-order valence-electron chi connectivity index (χ4n) is 1.69. The summed E-state index contributed by atoms with van der Waals surface area (Å²) in [6.07, 6.45) is 0. The van der Waals surface area contributed by atoms with Crippen LogP contribution in [0.4, 0.5) is 0 Å². The van der Waals surface area contributed by atoms with Crippen LogP contribution in [0, 0.1) is 6.92 Å². The van der Waals surface area contributed by atoms with E-state index in [2.05, 4.69) is 23.8 Å². The van der Waals surface area contributed by atoms with Crippen molar-refractivity contribution in [3.05, 3.63) is 51.2 Å². The van der Waals surface area contributed by atoms with Crippen molar-refractivity contribution >= 4 is 22.9 Å². The Morgan fingerprint density at radius 1 is 1.33 bits per heavy atom. The van der Waals surface area contributed by atoms with E-state index >= 15 is 0 Å². The number of hydrogen-bond donors (Lipinski definition) is 2. The van der Waals surface area contributed by atoms with Gasteiger partial charge in [0, 0.05) is 9.90 Å². The summed E-state index contributed by atoms with van der Waals surface area (Å²) in [6, 6.07) is 9.35. The minimum absolute atomic E-state index is 0.00747. The van der Waals surface area contributed by atoms with Gasteiger partial charge in [-0.05, 0) is 48.2 Å². The topological polar surface area (TPSA) is 47.3 Å². The number of halogens is 1.